The number of carbonyl (C=O) groups is 1. The number of carbonyl (C=O) groups excluding carboxylic acids is 1. The molecule has 0 spiro atoms. The third kappa shape index (κ3) is 4.97. The third-order valence-corrected chi connectivity index (χ3v) is 9.39. The smallest absolute Gasteiger partial charge is 0.326 e. The highest BCUT2D eigenvalue weighted by Gasteiger charge is 2.31. The summed E-state index contributed by atoms with van der Waals surface area (Å²) in [6, 6.07) is 0. The molecule has 0 bridgehead atoms. The lowest BCUT2D eigenvalue weighted by Crippen LogP contribution is -2.35. The number of aryl methyl sites for hydroxylation is 2. The van der Waals surface area contributed by atoms with Crippen LogP contribution in [-0.4, -0.2) is 39.6 Å². The molecule has 0 aromatic carbocycles. The van der Waals surface area contributed by atoms with Crippen molar-refractivity contribution in [2.75, 3.05) is 13.1 Å². The highest BCUT2D eigenvalue weighted by atomic mass is 32.1. The second-order valence-electron chi connectivity index (χ2n) is 11.6. The van der Waals surface area contributed by atoms with Crippen molar-refractivity contribution in [3.8, 4) is 0 Å². The van der Waals surface area contributed by atoms with Gasteiger partial charge in [0.2, 0.25) is 0 Å². The molecule has 3 heterocycles. The molecular formula is C27H39N3O3S. The van der Waals surface area contributed by atoms with Gasteiger partial charge in [0.15, 0.2) is 0 Å². The maximum absolute atomic E-state index is 13.7. The van der Waals surface area contributed by atoms with Gasteiger partial charge in [0.1, 0.15) is 23.3 Å². The Morgan fingerprint density at radius 1 is 1.06 bits per heavy atom. The topological polar surface area (TPSA) is 64.4 Å². The summed E-state index contributed by atoms with van der Waals surface area (Å²) in [6.45, 7) is 9.53. The first-order valence-electron chi connectivity index (χ1n) is 13.3. The van der Waals surface area contributed by atoms with E-state index in [0.29, 0.717) is 23.7 Å². The van der Waals surface area contributed by atoms with Gasteiger partial charge < -0.3 is 4.74 Å². The van der Waals surface area contributed by atoms with E-state index in [1.165, 1.54) is 29.7 Å². The molecular weight excluding hydrogens is 446 g/mol. The fourth-order valence-electron chi connectivity index (χ4n) is 6.10. The predicted molar refractivity (Wildman–Crippen MR) is 136 cm³/mol. The molecule has 6 nitrogen and oxygen atoms in total. The minimum Gasteiger partial charge on any atom is -0.461 e. The number of esters is 1. The van der Waals surface area contributed by atoms with Gasteiger partial charge in [0.25, 0.3) is 5.56 Å². The Hall–Kier alpha value is -1.73. The Morgan fingerprint density at radius 2 is 1.76 bits per heavy atom. The monoisotopic (exact) mass is 485 g/mol. The Bertz CT molecular complexity index is 1100. The van der Waals surface area contributed by atoms with Gasteiger partial charge in [0.05, 0.1) is 11.9 Å². The summed E-state index contributed by atoms with van der Waals surface area (Å²) < 4.78 is 7.54. The van der Waals surface area contributed by atoms with Crippen LogP contribution >= 0.6 is 11.3 Å². The molecule has 2 aromatic rings. The van der Waals surface area contributed by atoms with Crippen LogP contribution in [0.4, 0.5) is 0 Å². The molecule has 1 saturated heterocycles. The molecule has 1 saturated carbocycles. The lowest BCUT2D eigenvalue weighted by Gasteiger charge is -2.36. The SMILES string of the molecule is CC(C)(C)C1CCC(OC(=O)Cn2c(CN3CCCC3)nc3sc4c(c3c2=O)CCCC4)CC1. The zero-order chi connectivity index (χ0) is 23.9. The molecule has 34 heavy (non-hydrogen) atoms. The second-order valence-corrected chi connectivity index (χ2v) is 12.7. The number of hydrogen-bond donors (Lipinski definition) is 0. The van der Waals surface area contributed by atoms with E-state index in [2.05, 4.69) is 25.7 Å². The van der Waals surface area contributed by atoms with E-state index in [1.807, 2.05) is 0 Å². The van der Waals surface area contributed by atoms with E-state index in [9.17, 15) is 9.59 Å². The van der Waals surface area contributed by atoms with Crippen molar-refractivity contribution in [2.24, 2.45) is 11.3 Å². The van der Waals surface area contributed by atoms with Crippen LogP contribution in [0.2, 0.25) is 0 Å². The Balaban J connectivity index is 1.38. The Morgan fingerprint density at radius 3 is 2.47 bits per heavy atom. The summed E-state index contributed by atoms with van der Waals surface area (Å²) in [5.74, 6) is 1.09. The van der Waals surface area contributed by atoms with Gasteiger partial charge in [-0.3, -0.25) is 19.1 Å². The molecule has 2 aliphatic carbocycles. The van der Waals surface area contributed by atoms with Crippen LogP contribution in [0.25, 0.3) is 10.2 Å². The molecule has 2 aromatic heterocycles. The van der Waals surface area contributed by atoms with Crippen LogP contribution in [0.15, 0.2) is 4.79 Å². The number of aromatic nitrogens is 2. The molecule has 5 rings (SSSR count). The van der Waals surface area contributed by atoms with E-state index < -0.39 is 0 Å². The first-order valence-corrected chi connectivity index (χ1v) is 14.1. The average Bonchev–Trinajstić information content (AvgIpc) is 3.43. The number of fused-ring (bicyclic) bond motifs is 3. The maximum atomic E-state index is 13.7. The number of likely N-dealkylation sites (tertiary alicyclic amines) is 1. The lowest BCUT2D eigenvalue weighted by atomic mass is 9.72. The van der Waals surface area contributed by atoms with Crippen molar-refractivity contribution >= 4 is 27.5 Å². The van der Waals surface area contributed by atoms with Gasteiger partial charge in [-0.25, -0.2) is 4.98 Å². The number of hydrogen-bond acceptors (Lipinski definition) is 6. The van der Waals surface area contributed by atoms with Crippen molar-refractivity contribution in [1.82, 2.24) is 14.5 Å². The zero-order valence-corrected chi connectivity index (χ0v) is 21.8. The van der Waals surface area contributed by atoms with Crippen molar-refractivity contribution in [3.63, 3.8) is 0 Å². The third-order valence-electron chi connectivity index (χ3n) is 8.20. The Labute approximate surface area is 206 Å². The molecule has 1 aliphatic heterocycles. The highest BCUT2D eigenvalue weighted by molar-refractivity contribution is 7.18. The molecule has 3 aliphatic rings. The molecule has 0 N–H and O–H groups in total. The molecule has 2 fully saturated rings. The Kier molecular flexibility index (Phi) is 6.86. The maximum Gasteiger partial charge on any atom is 0.326 e. The minimum absolute atomic E-state index is 0.0329. The van der Waals surface area contributed by atoms with Gasteiger partial charge in [0, 0.05) is 4.88 Å². The first-order chi connectivity index (χ1) is 16.3. The van der Waals surface area contributed by atoms with Crippen molar-refractivity contribution in [2.45, 2.75) is 104 Å². The van der Waals surface area contributed by atoms with E-state index in [0.717, 1.165) is 68.3 Å². The molecule has 186 valence electrons. The summed E-state index contributed by atoms with van der Waals surface area (Å²) in [7, 11) is 0. The normalized spacial score (nSPS) is 23.9. The standard InChI is InChI=1S/C27H39N3O3S/c1-27(2,3)18-10-12-19(13-11-18)33-23(31)17-30-22(16-29-14-6-7-15-29)28-25-24(26(30)32)20-8-4-5-9-21(20)34-25/h18-19H,4-17H2,1-3H3. The summed E-state index contributed by atoms with van der Waals surface area (Å²) in [6.07, 6.45) is 10.6. The molecule has 0 unspecified atom stereocenters. The molecule has 0 atom stereocenters. The van der Waals surface area contributed by atoms with Crippen LogP contribution in [0.1, 0.15) is 88.4 Å². The number of thiophene rings is 1. The highest BCUT2D eigenvalue weighted by Crippen LogP contribution is 2.38. The second kappa shape index (κ2) is 9.73. The lowest BCUT2D eigenvalue weighted by molar-refractivity contribution is -0.152. The first kappa shape index (κ1) is 24.0. The summed E-state index contributed by atoms with van der Waals surface area (Å²) in [5, 5.41) is 0.753. The summed E-state index contributed by atoms with van der Waals surface area (Å²) in [5.41, 5.74) is 1.43. The number of nitrogens with zero attached hydrogens (tertiary/aromatic N) is 3. The van der Waals surface area contributed by atoms with Gasteiger partial charge in [-0.15, -0.1) is 11.3 Å². The van der Waals surface area contributed by atoms with Crippen molar-refractivity contribution in [3.05, 3.63) is 26.6 Å². The van der Waals surface area contributed by atoms with Crippen LogP contribution in [0.5, 0.6) is 0 Å². The van der Waals surface area contributed by atoms with Gasteiger partial charge in [-0.1, -0.05) is 20.8 Å². The van der Waals surface area contributed by atoms with Crippen molar-refractivity contribution in [1.29, 1.82) is 0 Å². The number of rotatable bonds is 5. The quantitative estimate of drug-likeness (QED) is 0.553. The molecule has 0 amide bonds. The molecule has 0 radical (unpaired) electrons. The van der Waals surface area contributed by atoms with Crippen LogP contribution in [0, 0.1) is 11.3 Å². The zero-order valence-electron chi connectivity index (χ0n) is 21.0. The van der Waals surface area contributed by atoms with E-state index >= 15 is 0 Å². The van der Waals surface area contributed by atoms with E-state index in [1.54, 1.807) is 15.9 Å². The van der Waals surface area contributed by atoms with E-state index in [4.69, 9.17) is 9.72 Å². The summed E-state index contributed by atoms with van der Waals surface area (Å²) >= 11 is 1.68. The average molecular weight is 486 g/mol. The van der Waals surface area contributed by atoms with Crippen LogP contribution in [0.3, 0.4) is 0 Å². The van der Waals surface area contributed by atoms with Crippen LogP contribution in [-0.2, 0) is 35.5 Å². The van der Waals surface area contributed by atoms with Gasteiger partial charge >= 0.3 is 5.97 Å². The largest absolute Gasteiger partial charge is 0.461 e. The fraction of sp³-hybridized carbons (Fsp3) is 0.741. The minimum atomic E-state index is -0.297. The number of ether oxygens (including phenoxy) is 1. The predicted octanol–water partition coefficient (Wildman–Crippen LogP) is 5.08. The van der Waals surface area contributed by atoms with Crippen LogP contribution < -0.4 is 5.56 Å². The van der Waals surface area contributed by atoms with Gasteiger partial charge in [-0.05, 0) is 94.2 Å². The summed E-state index contributed by atoms with van der Waals surface area (Å²) in [4.78, 5) is 36.3. The van der Waals surface area contributed by atoms with Gasteiger partial charge in [-0.2, -0.15) is 0 Å². The van der Waals surface area contributed by atoms with E-state index in [-0.39, 0.29) is 24.2 Å². The van der Waals surface area contributed by atoms with Crippen molar-refractivity contribution < 1.29 is 9.53 Å². The molecule has 7 heteroatoms. The fourth-order valence-corrected chi connectivity index (χ4v) is 7.37.